The maximum absolute atomic E-state index is 4.75. The minimum absolute atomic E-state index is 0.383. The molecule has 2 aromatic rings. The SMILES string of the molecule is CC[PH](CC)(CC)[Au][S]c1nc2ccccc2s1. The summed E-state index contributed by atoms with van der Waals surface area (Å²) < 4.78 is 2.63. The van der Waals surface area contributed by atoms with Gasteiger partial charge >= 0.3 is 127 Å². The van der Waals surface area contributed by atoms with E-state index in [0.29, 0.717) is 17.9 Å². The first-order chi connectivity index (χ1) is 8.73. The predicted octanol–water partition coefficient (Wildman–Crippen LogP) is 5.11. The van der Waals surface area contributed by atoms with Crippen molar-refractivity contribution < 1.29 is 17.9 Å². The van der Waals surface area contributed by atoms with Gasteiger partial charge < -0.3 is 0 Å². The molecule has 0 spiro atoms. The molecule has 0 bridgehead atoms. The molecule has 1 heterocycles. The van der Waals surface area contributed by atoms with Crippen LogP contribution in [-0.2, 0) is 17.9 Å². The van der Waals surface area contributed by atoms with Crippen molar-refractivity contribution in [2.45, 2.75) is 25.1 Å². The predicted molar refractivity (Wildman–Crippen MR) is 85.4 cm³/mol. The molecule has 0 fully saturated rings. The Morgan fingerprint density at radius 1 is 1.17 bits per heavy atom. The van der Waals surface area contributed by atoms with Crippen LogP contribution in [0.15, 0.2) is 28.6 Å². The van der Waals surface area contributed by atoms with Crippen molar-refractivity contribution >= 4 is 35.9 Å². The summed E-state index contributed by atoms with van der Waals surface area (Å²) in [5.41, 5.74) is 1.17. The zero-order valence-corrected chi connectivity index (χ0v) is 15.8. The van der Waals surface area contributed by atoms with Crippen LogP contribution in [0.2, 0.25) is 0 Å². The Morgan fingerprint density at radius 3 is 2.44 bits per heavy atom. The monoisotopic (exact) mass is 482 g/mol. The molecule has 0 saturated heterocycles. The van der Waals surface area contributed by atoms with Crippen LogP contribution in [0.4, 0.5) is 0 Å². The van der Waals surface area contributed by atoms with E-state index in [1.165, 1.54) is 33.0 Å². The number of thiazole rings is 1. The number of hydrogen-bond donors (Lipinski definition) is 0. The Morgan fingerprint density at radius 2 is 1.83 bits per heavy atom. The molecule has 0 atom stereocenters. The van der Waals surface area contributed by atoms with Crippen molar-refractivity contribution in [3.8, 4) is 0 Å². The van der Waals surface area contributed by atoms with E-state index < -0.39 is 5.15 Å². The molecule has 1 aromatic heterocycles. The van der Waals surface area contributed by atoms with Crippen LogP contribution in [-0.4, -0.2) is 23.5 Å². The molecule has 5 heteroatoms. The molecule has 18 heavy (non-hydrogen) atoms. The van der Waals surface area contributed by atoms with E-state index in [4.69, 9.17) is 4.98 Å². The Kier molecular flexibility index (Phi) is 5.74. The van der Waals surface area contributed by atoms with Crippen molar-refractivity contribution in [3.05, 3.63) is 24.3 Å². The first kappa shape index (κ1) is 15.0. The van der Waals surface area contributed by atoms with Gasteiger partial charge in [-0.3, -0.25) is 0 Å². The fourth-order valence-corrected chi connectivity index (χ4v) is 23.6. The minimum atomic E-state index is -0.922. The molecule has 0 N–H and O–H groups in total. The van der Waals surface area contributed by atoms with Crippen LogP contribution >= 0.6 is 25.7 Å². The molecule has 0 aliphatic heterocycles. The standard InChI is InChI=1S/C7H5NS2.C6H15P.Au/c9-7-8-5-3-1-2-4-6(5)10-7;1-4-7(5-2)6-3;/h1-4H,(H,8,9);4-6H2,1-3H3;. The average Bonchev–Trinajstić information content (AvgIpc) is 2.84. The summed E-state index contributed by atoms with van der Waals surface area (Å²) in [6, 6.07) is 8.48. The van der Waals surface area contributed by atoms with E-state index in [1.54, 1.807) is 0 Å². The van der Waals surface area contributed by atoms with Gasteiger partial charge in [0.1, 0.15) is 0 Å². The van der Waals surface area contributed by atoms with E-state index in [1.807, 2.05) is 11.3 Å². The molecule has 0 aliphatic rings. The molecule has 0 aliphatic carbocycles. The van der Waals surface area contributed by atoms with Gasteiger partial charge in [-0.05, 0) is 0 Å². The van der Waals surface area contributed by atoms with E-state index >= 15 is 0 Å². The van der Waals surface area contributed by atoms with Gasteiger partial charge in [0.25, 0.3) is 0 Å². The molecule has 0 amide bonds. The number of benzene rings is 1. The van der Waals surface area contributed by atoms with Gasteiger partial charge in [0.15, 0.2) is 0 Å². The van der Waals surface area contributed by atoms with Crippen molar-refractivity contribution in [3.63, 3.8) is 0 Å². The first-order valence-electron chi connectivity index (χ1n) is 6.34. The first-order valence-corrected chi connectivity index (χ1v) is 16.1. The summed E-state index contributed by atoms with van der Waals surface area (Å²) in [4.78, 5) is 4.75. The van der Waals surface area contributed by atoms with Crippen LogP contribution in [0.3, 0.4) is 0 Å². The van der Waals surface area contributed by atoms with Gasteiger partial charge in [-0.1, -0.05) is 0 Å². The number of para-hydroxylation sites is 1. The zero-order chi connectivity index (χ0) is 13.0. The summed E-state index contributed by atoms with van der Waals surface area (Å²) in [6.07, 6.45) is 4.33. The molecule has 1 aromatic carbocycles. The number of hydrogen-bond acceptors (Lipinski definition) is 3. The maximum atomic E-state index is 4.75. The van der Waals surface area contributed by atoms with Crippen molar-refractivity contribution in [1.29, 1.82) is 0 Å². The van der Waals surface area contributed by atoms with Crippen LogP contribution in [0.1, 0.15) is 20.8 Å². The quantitative estimate of drug-likeness (QED) is 0.419. The Hall–Kier alpha value is 0.630. The Labute approximate surface area is 126 Å². The van der Waals surface area contributed by atoms with Crippen LogP contribution in [0.25, 0.3) is 10.2 Å². The second-order valence-corrected chi connectivity index (χ2v) is 23.0. The average molecular weight is 482 g/mol. The molecule has 1 nitrogen and oxygen atoms in total. The fourth-order valence-electron chi connectivity index (χ4n) is 1.85. The molecule has 105 valence electrons. The summed E-state index contributed by atoms with van der Waals surface area (Å²) in [7, 11) is 2.09. The molecular weight excluding hydrogens is 462 g/mol. The Balaban J connectivity index is 2.09. The summed E-state index contributed by atoms with van der Waals surface area (Å²) in [5.74, 6) is 0. The summed E-state index contributed by atoms with van der Waals surface area (Å²) in [6.45, 7) is 7.19. The topological polar surface area (TPSA) is 12.9 Å². The number of rotatable bonds is 6. The van der Waals surface area contributed by atoms with Gasteiger partial charge in [-0.25, -0.2) is 0 Å². The number of fused-ring (bicyclic) bond motifs is 1. The van der Waals surface area contributed by atoms with E-state index in [9.17, 15) is 0 Å². The third-order valence-corrected chi connectivity index (χ3v) is 29.2. The van der Waals surface area contributed by atoms with Gasteiger partial charge in [-0.15, -0.1) is 0 Å². The second-order valence-electron chi connectivity index (χ2n) is 4.20. The van der Waals surface area contributed by atoms with Crippen LogP contribution in [0.5, 0.6) is 0 Å². The fraction of sp³-hybridized carbons (Fsp3) is 0.462. The third-order valence-electron chi connectivity index (χ3n) is 3.31. The van der Waals surface area contributed by atoms with Gasteiger partial charge in [-0.2, -0.15) is 0 Å². The molecule has 2 rings (SSSR count). The van der Waals surface area contributed by atoms with Gasteiger partial charge in [0.2, 0.25) is 0 Å². The van der Waals surface area contributed by atoms with E-state index in [2.05, 4.69) is 54.3 Å². The Bertz CT molecular complexity index is 469. The second kappa shape index (κ2) is 6.88. The third kappa shape index (κ3) is 3.39. The van der Waals surface area contributed by atoms with Crippen LogP contribution < -0.4 is 0 Å². The normalized spacial score (nSPS) is 13.3. The van der Waals surface area contributed by atoms with Crippen LogP contribution in [0, 0.1) is 0 Å². The van der Waals surface area contributed by atoms with E-state index in [-0.39, 0.29) is 0 Å². The molecular formula is C13H20AuNPS2. The van der Waals surface area contributed by atoms with Crippen molar-refractivity contribution in [2.75, 3.05) is 18.5 Å². The zero-order valence-electron chi connectivity index (χ0n) is 11.0. The van der Waals surface area contributed by atoms with E-state index in [0.717, 1.165) is 0 Å². The van der Waals surface area contributed by atoms with Crippen molar-refractivity contribution in [1.82, 2.24) is 4.98 Å². The molecule has 0 saturated carbocycles. The molecule has 0 radical (unpaired) electrons. The van der Waals surface area contributed by atoms with Gasteiger partial charge in [0, 0.05) is 0 Å². The van der Waals surface area contributed by atoms with Crippen molar-refractivity contribution in [2.24, 2.45) is 0 Å². The number of nitrogens with zero attached hydrogens (tertiary/aromatic N) is 1. The number of aromatic nitrogens is 1. The molecule has 0 unspecified atom stereocenters. The summed E-state index contributed by atoms with van der Waals surface area (Å²) in [5, 5.41) is -0.922. The summed E-state index contributed by atoms with van der Waals surface area (Å²) >= 11 is 2.25. The van der Waals surface area contributed by atoms with Gasteiger partial charge in [0.05, 0.1) is 0 Å².